The van der Waals surface area contributed by atoms with Gasteiger partial charge < -0.3 is 9.47 Å². The summed E-state index contributed by atoms with van der Waals surface area (Å²) in [6.45, 7) is 5.94. The van der Waals surface area contributed by atoms with Gasteiger partial charge in [0.25, 0.3) is 10.0 Å². The number of ether oxygens (including phenoxy) is 2. The van der Waals surface area contributed by atoms with Crippen LogP contribution in [0.1, 0.15) is 40.2 Å². The predicted octanol–water partition coefficient (Wildman–Crippen LogP) is 7.73. The number of hydrogen-bond donors (Lipinski definition) is 2. The Labute approximate surface area is 251 Å². The minimum Gasteiger partial charge on any atom is -0.489 e. The summed E-state index contributed by atoms with van der Waals surface area (Å²) >= 11 is -0.209. The number of amides is 1. The van der Waals surface area contributed by atoms with Crippen molar-refractivity contribution in [2.75, 3.05) is 22.8 Å². The molecule has 0 unspecified atom stereocenters. The highest BCUT2D eigenvalue weighted by Gasteiger charge is 2.51. The quantitative estimate of drug-likeness (QED) is 0.246. The van der Waals surface area contributed by atoms with Crippen molar-refractivity contribution in [2.24, 2.45) is 0 Å². The van der Waals surface area contributed by atoms with Gasteiger partial charge in [0.2, 0.25) is 5.60 Å². The Kier molecular flexibility index (Phi) is 11.1. The van der Waals surface area contributed by atoms with Gasteiger partial charge in [-0.3, -0.25) is 14.3 Å². The Morgan fingerprint density at radius 2 is 1.55 bits per heavy atom. The van der Waals surface area contributed by atoms with Gasteiger partial charge in [0.05, 0.1) is 22.7 Å². The van der Waals surface area contributed by atoms with E-state index in [0.717, 1.165) is 28.6 Å². The van der Waals surface area contributed by atoms with Crippen LogP contribution in [0, 0.1) is 0 Å². The molecule has 0 fully saturated rings. The molecule has 1 heterocycles. The average molecular weight is 686 g/mol. The summed E-state index contributed by atoms with van der Waals surface area (Å²) < 4.78 is 152. The van der Waals surface area contributed by atoms with E-state index in [-0.39, 0.29) is 42.2 Å². The molecule has 0 saturated carbocycles. The summed E-state index contributed by atoms with van der Waals surface area (Å²) in [7, 11) is -4.49. The molecule has 2 aromatic rings. The second-order valence-electron chi connectivity index (χ2n) is 10.6. The lowest BCUT2D eigenvalue weighted by molar-refractivity contribution is -0.242. The lowest BCUT2D eigenvalue weighted by Gasteiger charge is -2.31. The highest BCUT2D eigenvalue weighted by atomic mass is 32.2. The van der Waals surface area contributed by atoms with Crippen LogP contribution in [0.25, 0.3) is 0 Å². The topological polar surface area (TPSA) is 97.0 Å². The lowest BCUT2D eigenvalue weighted by Crippen LogP contribution is -2.44. The van der Waals surface area contributed by atoms with Crippen molar-refractivity contribution in [3.63, 3.8) is 0 Å². The number of halogens is 9. The molecule has 3 rings (SSSR count). The lowest BCUT2D eigenvalue weighted by atomic mass is 10.1. The molecule has 44 heavy (non-hydrogen) atoms. The first-order chi connectivity index (χ1) is 19.7. The molecule has 19 heteroatoms. The summed E-state index contributed by atoms with van der Waals surface area (Å²) in [6.07, 6.45) is -11.1. The third-order valence-electron chi connectivity index (χ3n) is 5.28. The minimum absolute atomic E-state index is 0.0383. The maximum Gasteiger partial charge on any atom is 0.456 e. The van der Waals surface area contributed by atoms with Crippen molar-refractivity contribution in [2.45, 2.75) is 68.5 Å². The first-order valence-corrected chi connectivity index (χ1v) is 14.5. The first-order valence-electron chi connectivity index (χ1n) is 12.3. The smallest absolute Gasteiger partial charge is 0.456 e. The highest BCUT2D eigenvalue weighted by Crippen LogP contribution is 2.39. The van der Waals surface area contributed by atoms with E-state index < -0.39 is 55.6 Å². The fourth-order valence-electron chi connectivity index (χ4n) is 3.12. The van der Waals surface area contributed by atoms with Crippen LogP contribution in [0.2, 0.25) is 0 Å². The largest absolute Gasteiger partial charge is 0.489 e. The zero-order chi connectivity index (χ0) is 33.9. The number of carbonyl (C=O) groups is 1. The SMILES string of the molecule is CC(C)(C)NSC(F)(F)F.CC(C)(OC(=O)Nc1ccc2c(c1)N(S(=O)(=O)c1cccc(C(F)(F)F)c1)CCO2)C(F)(F)F. The second kappa shape index (κ2) is 13.1. The number of carbonyl (C=O) groups excluding carboxylic acids is 1. The summed E-state index contributed by atoms with van der Waals surface area (Å²) in [5.74, 6) is 0.0383. The molecule has 8 nitrogen and oxygen atoms in total. The van der Waals surface area contributed by atoms with E-state index in [9.17, 15) is 52.7 Å². The molecular weight excluding hydrogens is 657 g/mol. The Bertz CT molecular complexity index is 1410. The van der Waals surface area contributed by atoms with E-state index in [4.69, 9.17) is 4.74 Å². The van der Waals surface area contributed by atoms with Gasteiger partial charge in [-0.2, -0.15) is 39.5 Å². The van der Waals surface area contributed by atoms with Gasteiger partial charge in [-0.05, 0) is 71.0 Å². The average Bonchev–Trinajstić information content (AvgIpc) is 2.85. The van der Waals surface area contributed by atoms with E-state index in [1.807, 2.05) is 0 Å². The van der Waals surface area contributed by atoms with Crippen molar-refractivity contribution in [1.82, 2.24) is 4.72 Å². The fraction of sp³-hybridized carbons (Fsp3) is 0.480. The predicted molar refractivity (Wildman–Crippen MR) is 145 cm³/mol. The van der Waals surface area contributed by atoms with Gasteiger partial charge in [-0.15, -0.1) is 0 Å². The monoisotopic (exact) mass is 685 g/mol. The summed E-state index contributed by atoms with van der Waals surface area (Å²) in [4.78, 5) is 11.3. The molecule has 0 aliphatic carbocycles. The normalized spacial score (nSPS) is 14.5. The molecule has 0 saturated heterocycles. The van der Waals surface area contributed by atoms with Crippen LogP contribution >= 0.6 is 11.9 Å². The number of rotatable bonds is 5. The molecule has 2 aromatic carbocycles. The zero-order valence-electron chi connectivity index (χ0n) is 23.7. The highest BCUT2D eigenvalue weighted by molar-refractivity contribution is 7.98. The van der Waals surface area contributed by atoms with Crippen molar-refractivity contribution >= 4 is 39.4 Å². The van der Waals surface area contributed by atoms with Crippen LogP contribution in [0.15, 0.2) is 47.4 Å². The van der Waals surface area contributed by atoms with Crippen molar-refractivity contribution in [1.29, 1.82) is 0 Å². The molecule has 248 valence electrons. The molecule has 0 bridgehead atoms. The van der Waals surface area contributed by atoms with Gasteiger partial charge in [-0.1, -0.05) is 6.07 Å². The molecule has 2 N–H and O–H groups in total. The Balaban J connectivity index is 0.000000580. The van der Waals surface area contributed by atoms with E-state index in [2.05, 4.69) is 14.8 Å². The second-order valence-corrected chi connectivity index (χ2v) is 13.3. The van der Waals surface area contributed by atoms with Gasteiger partial charge in [0.1, 0.15) is 12.4 Å². The standard InChI is InChI=1S/C20H18F6N2O5S.C5H10F3NS/c1-18(2,20(24,25)26)33-17(29)27-13-6-7-16-15(11-13)28(8-9-32-16)34(30,31)14-5-3-4-12(10-14)19(21,22)23;1-4(2,3)9-10-5(6,7)8/h3-7,10-11H,8-9H2,1-2H3,(H,27,29);9H,1-3H3. The van der Waals surface area contributed by atoms with Crippen molar-refractivity contribution in [3.8, 4) is 5.75 Å². The molecule has 0 atom stereocenters. The van der Waals surface area contributed by atoms with Gasteiger partial charge in [-0.25, -0.2) is 13.2 Å². The fourth-order valence-corrected chi connectivity index (χ4v) is 5.04. The molecule has 0 aromatic heterocycles. The molecule has 0 radical (unpaired) electrons. The van der Waals surface area contributed by atoms with E-state index in [1.54, 1.807) is 20.8 Å². The van der Waals surface area contributed by atoms with Gasteiger partial charge >= 0.3 is 24.0 Å². The van der Waals surface area contributed by atoms with Crippen LogP contribution in [-0.2, 0) is 20.9 Å². The van der Waals surface area contributed by atoms with Crippen LogP contribution < -0.4 is 19.1 Å². The number of nitrogens with zero attached hydrogens (tertiary/aromatic N) is 1. The Morgan fingerprint density at radius 3 is 2.05 bits per heavy atom. The van der Waals surface area contributed by atoms with Crippen LogP contribution in [0.3, 0.4) is 0 Å². The zero-order valence-corrected chi connectivity index (χ0v) is 25.3. The van der Waals surface area contributed by atoms with Crippen LogP contribution in [0.4, 0.5) is 55.7 Å². The molecule has 1 aliphatic heterocycles. The number of sulfonamides is 1. The van der Waals surface area contributed by atoms with Gasteiger partial charge in [0, 0.05) is 23.2 Å². The molecule has 1 amide bonds. The van der Waals surface area contributed by atoms with Crippen LogP contribution in [0.5, 0.6) is 5.75 Å². The van der Waals surface area contributed by atoms with Gasteiger partial charge in [0.15, 0.2) is 0 Å². The first kappa shape index (κ1) is 37.1. The van der Waals surface area contributed by atoms with Crippen molar-refractivity contribution in [3.05, 3.63) is 48.0 Å². The number of fused-ring (bicyclic) bond motifs is 1. The van der Waals surface area contributed by atoms with Crippen LogP contribution in [-0.4, -0.2) is 50.5 Å². The maximum absolute atomic E-state index is 13.1. The summed E-state index contributed by atoms with van der Waals surface area (Å²) in [5, 5.41) is 2.07. The summed E-state index contributed by atoms with van der Waals surface area (Å²) in [5.41, 5.74) is -8.90. The number of alkyl halides is 9. The number of benzene rings is 2. The molecule has 1 aliphatic rings. The maximum atomic E-state index is 13.1. The minimum atomic E-state index is -4.84. The third-order valence-corrected chi connectivity index (χ3v) is 8.03. The van der Waals surface area contributed by atoms with E-state index >= 15 is 0 Å². The summed E-state index contributed by atoms with van der Waals surface area (Å²) in [6, 6.07) is 6.76. The Morgan fingerprint density at radius 1 is 0.932 bits per heavy atom. The third kappa shape index (κ3) is 10.5. The van der Waals surface area contributed by atoms with Crippen molar-refractivity contribution < 1.29 is 62.2 Å². The number of nitrogens with one attached hydrogen (secondary N) is 2. The number of anilines is 2. The Hall–Kier alpha value is -3.06. The van der Waals surface area contributed by atoms with E-state index in [1.165, 1.54) is 12.1 Å². The number of hydrogen-bond acceptors (Lipinski definition) is 7. The molecule has 0 spiro atoms. The molecular formula is C25H28F9N3O5S2. The van der Waals surface area contributed by atoms with E-state index in [0.29, 0.717) is 19.9 Å².